The van der Waals surface area contributed by atoms with Gasteiger partial charge in [0.2, 0.25) is 5.88 Å². The van der Waals surface area contributed by atoms with Crippen LogP contribution in [0.2, 0.25) is 5.02 Å². The molecule has 3 rings (SSSR count). The molecule has 1 unspecified atom stereocenters. The van der Waals surface area contributed by atoms with Crippen molar-refractivity contribution in [1.82, 2.24) is 15.0 Å². The van der Waals surface area contributed by atoms with E-state index in [2.05, 4.69) is 20.3 Å². The standard InChI is InChI=1S/C20H21ClN4O/c1-4-17-19(21)20(24-12-23-17)25-14(3)15-7-10-18(22-11-15)26-16-8-5-13(2)6-9-16/h5-12,14H,4H2,1-3H3,(H,23,24,25). The fraction of sp³-hybridized carbons (Fsp3) is 0.250. The van der Waals surface area contributed by atoms with Crippen molar-refractivity contribution in [1.29, 1.82) is 0 Å². The molecule has 26 heavy (non-hydrogen) atoms. The molecular formula is C20H21ClN4O. The van der Waals surface area contributed by atoms with Gasteiger partial charge in [0.05, 0.1) is 11.7 Å². The van der Waals surface area contributed by atoms with E-state index in [1.54, 1.807) is 6.20 Å². The second kappa shape index (κ2) is 8.15. The van der Waals surface area contributed by atoms with Gasteiger partial charge in [0.25, 0.3) is 0 Å². The smallest absolute Gasteiger partial charge is 0.219 e. The van der Waals surface area contributed by atoms with E-state index in [-0.39, 0.29) is 6.04 Å². The van der Waals surface area contributed by atoms with Gasteiger partial charge in [0.15, 0.2) is 0 Å². The first kappa shape index (κ1) is 18.1. The van der Waals surface area contributed by atoms with Crippen LogP contribution in [-0.2, 0) is 6.42 Å². The Balaban J connectivity index is 1.69. The molecule has 134 valence electrons. The number of halogens is 1. The first-order chi connectivity index (χ1) is 12.6. The number of anilines is 1. The second-order valence-corrected chi connectivity index (χ2v) is 6.43. The molecule has 0 aliphatic carbocycles. The highest BCUT2D eigenvalue weighted by atomic mass is 35.5. The lowest BCUT2D eigenvalue weighted by molar-refractivity contribution is 0.462. The first-order valence-electron chi connectivity index (χ1n) is 8.53. The summed E-state index contributed by atoms with van der Waals surface area (Å²) < 4.78 is 5.76. The maximum absolute atomic E-state index is 6.34. The Kier molecular flexibility index (Phi) is 5.68. The van der Waals surface area contributed by atoms with E-state index in [0.717, 1.165) is 23.4 Å². The van der Waals surface area contributed by atoms with Gasteiger partial charge in [-0.3, -0.25) is 0 Å². The number of aryl methyl sites for hydroxylation is 2. The van der Waals surface area contributed by atoms with E-state index in [9.17, 15) is 0 Å². The van der Waals surface area contributed by atoms with Gasteiger partial charge >= 0.3 is 0 Å². The average molecular weight is 369 g/mol. The maximum atomic E-state index is 6.34. The Labute approximate surface area is 158 Å². The third-order valence-corrected chi connectivity index (χ3v) is 4.45. The lowest BCUT2D eigenvalue weighted by atomic mass is 10.1. The molecule has 2 heterocycles. The van der Waals surface area contributed by atoms with Gasteiger partial charge in [-0.15, -0.1) is 0 Å². The summed E-state index contributed by atoms with van der Waals surface area (Å²) in [6.07, 6.45) is 4.07. The number of benzene rings is 1. The number of nitrogens with one attached hydrogen (secondary N) is 1. The van der Waals surface area contributed by atoms with E-state index in [4.69, 9.17) is 16.3 Å². The van der Waals surface area contributed by atoms with Crippen LogP contribution in [0.1, 0.15) is 36.7 Å². The molecule has 0 bridgehead atoms. The summed E-state index contributed by atoms with van der Waals surface area (Å²) in [6.45, 7) is 6.08. The largest absolute Gasteiger partial charge is 0.439 e. The van der Waals surface area contributed by atoms with Crippen molar-refractivity contribution in [3.05, 3.63) is 70.8 Å². The lowest BCUT2D eigenvalue weighted by Gasteiger charge is -2.16. The van der Waals surface area contributed by atoms with Crippen molar-refractivity contribution in [2.75, 3.05) is 5.32 Å². The first-order valence-corrected chi connectivity index (χ1v) is 8.91. The van der Waals surface area contributed by atoms with Crippen LogP contribution < -0.4 is 10.1 Å². The monoisotopic (exact) mass is 368 g/mol. The predicted octanol–water partition coefficient (Wildman–Crippen LogP) is 5.36. The number of aromatic nitrogens is 3. The zero-order chi connectivity index (χ0) is 18.5. The Morgan fingerprint density at radius 2 is 1.85 bits per heavy atom. The van der Waals surface area contributed by atoms with Gasteiger partial charge in [-0.05, 0) is 38.0 Å². The molecule has 0 amide bonds. The molecule has 5 nitrogen and oxygen atoms in total. The third-order valence-electron chi connectivity index (χ3n) is 4.05. The number of rotatable bonds is 6. The average Bonchev–Trinajstić information content (AvgIpc) is 2.66. The molecule has 0 saturated heterocycles. The Morgan fingerprint density at radius 3 is 2.50 bits per heavy atom. The number of nitrogens with zero attached hydrogens (tertiary/aromatic N) is 3. The summed E-state index contributed by atoms with van der Waals surface area (Å²) >= 11 is 6.34. The van der Waals surface area contributed by atoms with Gasteiger partial charge in [0, 0.05) is 12.3 Å². The highest BCUT2D eigenvalue weighted by Crippen LogP contribution is 2.27. The second-order valence-electron chi connectivity index (χ2n) is 6.05. The molecule has 0 aliphatic heterocycles. The van der Waals surface area contributed by atoms with Crippen LogP contribution in [0.3, 0.4) is 0 Å². The summed E-state index contributed by atoms with van der Waals surface area (Å²) in [5.74, 6) is 1.95. The van der Waals surface area contributed by atoms with Crippen molar-refractivity contribution in [3.63, 3.8) is 0 Å². The summed E-state index contributed by atoms with van der Waals surface area (Å²) in [6, 6.07) is 11.7. The number of hydrogen-bond donors (Lipinski definition) is 1. The molecule has 6 heteroatoms. The lowest BCUT2D eigenvalue weighted by Crippen LogP contribution is -2.10. The summed E-state index contributed by atoms with van der Waals surface area (Å²) in [4.78, 5) is 12.8. The molecule has 0 fully saturated rings. The van der Waals surface area contributed by atoms with Gasteiger partial charge in [-0.25, -0.2) is 15.0 Å². The third kappa shape index (κ3) is 4.29. The minimum atomic E-state index is -0.00645. The maximum Gasteiger partial charge on any atom is 0.219 e. The van der Waals surface area contributed by atoms with Crippen LogP contribution >= 0.6 is 11.6 Å². The quantitative estimate of drug-likeness (QED) is 0.634. The van der Waals surface area contributed by atoms with Gasteiger partial charge in [-0.2, -0.15) is 0 Å². The number of hydrogen-bond acceptors (Lipinski definition) is 5. The van der Waals surface area contributed by atoms with Crippen LogP contribution in [-0.4, -0.2) is 15.0 Å². The highest BCUT2D eigenvalue weighted by molar-refractivity contribution is 6.33. The van der Waals surface area contributed by atoms with E-state index in [1.807, 2.05) is 57.2 Å². The topological polar surface area (TPSA) is 59.9 Å². The Hall–Kier alpha value is -2.66. The summed E-state index contributed by atoms with van der Waals surface area (Å²) in [5.41, 5.74) is 3.03. The molecule has 0 saturated carbocycles. The van der Waals surface area contributed by atoms with Gasteiger partial charge in [0.1, 0.15) is 22.9 Å². The molecular weight excluding hydrogens is 348 g/mol. The number of pyridine rings is 1. The molecule has 0 spiro atoms. The van der Waals surface area contributed by atoms with Gasteiger partial charge < -0.3 is 10.1 Å². The van der Waals surface area contributed by atoms with Crippen LogP contribution in [0.5, 0.6) is 11.6 Å². The van der Waals surface area contributed by atoms with E-state index < -0.39 is 0 Å². The molecule has 0 aliphatic rings. The zero-order valence-electron chi connectivity index (χ0n) is 15.0. The van der Waals surface area contributed by atoms with Crippen LogP contribution in [0.25, 0.3) is 0 Å². The van der Waals surface area contributed by atoms with Crippen molar-refractivity contribution < 1.29 is 4.74 Å². The molecule has 3 aromatic rings. The molecule has 1 N–H and O–H groups in total. The molecule has 1 aromatic carbocycles. The van der Waals surface area contributed by atoms with Crippen molar-refractivity contribution in [2.24, 2.45) is 0 Å². The van der Waals surface area contributed by atoms with Crippen LogP contribution in [0.15, 0.2) is 48.9 Å². The molecule has 2 aromatic heterocycles. The Morgan fingerprint density at radius 1 is 1.08 bits per heavy atom. The highest BCUT2D eigenvalue weighted by Gasteiger charge is 2.12. The fourth-order valence-corrected chi connectivity index (χ4v) is 2.76. The van der Waals surface area contributed by atoms with Crippen molar-refractivity contribution in [3.8, 4) is 11.6 Å². The van der Waals surface area contributed by atoms with Crippen molar-refractivity contribution in [2.45, 2.75) is 33.2 Å². The predicted molar refractivity (Wildman–Crippen MR) is 104 cm³/mol. The van der Waals surface area contributed by atoms with Gasteiger partial charge in [-0.1, -0.05) is 42.3 Å². The summed E-state index contributed by atoms with van der Waals surface area (Å²) in [7, 11) is 0. The summed E-state index contributed by atoms with van der Waals surface area (Å²) in [5, 5.41) is 3.88. The SMILES string of the molecule is CCc1ncnc(NC(C)c2ccc(Oc3ccc(C)cc3)nc2)c1Cl. The van der Waals surface area contributed by atoms with E-state index >= 15 is 0 Å². The van der Waals surface area contributed by atoms with E-state index in [0.29, 0.717) is 16.7 Å². The van der Waals surface area contributed by atoms with E-state index in [1.165, 1.54) is 11.9 Å². The molecule has 1 atom stereocenters. The van der Waals surface area contributed by atoms with Crippen LogP contribution in [0, 0.1) is 6.92 Å². The minimum Gasteiger partial charge on any atom is -0.439 e. The molecule has 0 radical (unpaired) electrons. The Bertz CT molecular complexity index is 866. The van der Waals surface area contributed by atoms with Crippen molar-refractivity contribution >= 4 is 17.4 Å². The normalized spacial score (nSPS) is 11.8. The zero-order valence-corrected chi connectivity index (χ0v) is 15.8. The number of ether oxygens (including phenoxy) is 1. The minimum absolute atomic E-state index is 0.00645. The fourth-order valence-electron chi connectivity index (χ4n) is 2.48. The van der Waals surface area contributed by atoms with Crippen LogP contribution in [0.4, 0.5) is 5.82 Å².